The molecule has 0 heterocycles. The summed E-state index contributed by atoms with van der Waals surface area (Å²) in [5, 5.41) is 2.54. The normalized spacial score (nSPS) is 16.1. The molecule has 1 unspecified atom stereocenters. The Kier molecular flexibility index (Phi) is 7.25. The van der Waals surface area contributed by atoms with Gasteiger partial charge in [0.1, 0.15) is 0 Å². The molecule has 2 aliphatic rings. The van der Waals surface area contributed by atoms with Crippen molar-refractivity contribution in [1.82, 2.24) is 0 Å². The average Bonchev–Trinajstić information content (AvgIpc) is 3.52. The zero-order valence-corrected chi connectivity index (χ0v) is 30.7. The molecule has 3 heteroatoms. The predicted molar refractivity (Wildman–Crippen MR) is 189 cm³/mol. The van der Waals surface area contributed by atoms with Gasteiger partial charge in [0, 0.05) is 0 Å². The fourth-order valence-corrected chi connectivity index (χ4v) is 19.2. The van der Waals surface area contributed by atoms with E-state index in [1.807, 2.05) is 0 Å². The van der Waals surface area contributed by atoms with Crippen molar-refractivity contribution in [1.29, 1.82) is 0 Å². The minimum atomic E-state index is -4.12. The molecule has 1 atom stereocenters. The second-order valence-electron chi connectivity index (χ2n) is 14.8. The third kappa shape index (κ3) is 4.90. The van der Waals surface area contributed by atoms with Crippen molar-refractivity contribution in [2.24, 2.45) is 0 Å². The monoisotopic (exact) mass is 692 g/mol. The van der Waals surface area contributed by atoms with Gasteiger partial charge in [-0.05, 0) is 0 Å². The molecule has 44 heavy (non-hydrogen) atoms. The Labute approximate surface area is 274 Å². The maximum atomic E-state index is 7.97. The topological polar surface area (TPSA) is 0 Å². The average molecular weight is 695 g/mol. The number of rotatable bonds is 3. The van der Waals surface area contributed by atoms with Crippen LogP contribution in [-0.4, -0.2) is 0 Å². The van der Waals surface area contributed by atoms with Crippen molar-refractivity contribution in [2.45, 2.75) is 69.3 Å². The van der Waals surface area contributed by atoms with Crippen LogP contribution in [0.25, 0.3) is 38.6 Å². The van der Waals surface area contributed by atoms with Crippen LogP contribution in [-0.2, 0) is 35.1 Å². The van der Waals surface area contributed by atoms with Gasteiger partial charge in [0.25, 0.3) is 0 Å². The van der Waals surface area contributed by atoms with Crippen molar-refractivity contribution in [3.63, 3.8) is 0 Å². The molecule has 0 amide bonds. The first kappa shape index (κ1) is 30.2. The third-order valence-corrected chi connectivity index (χ3v) is 21.0. The summed E-state index contributed by atoms with van der Waals surface area (Å²) in [5.74, 6) is 0. The van der Waals surface area contributed by atoms with E-state index in [2.05, 4.69) is 146 Å². The van der Waals surface area contributed by atoms with Crippen LogP contribution in [0.4, 0.5) is 0 Å². The van der Waals surface area contributed by atoms with Crippen molar-refractivity contribution < 1.29 is 17.9 Å². The second-order valence-corrected chi connectivity index (χ2v) is 28.9. The maximum absolute atomic E-state index is 7.97. The first-order valence-corrected chi connectivity index (χ1v) is 24.7. The summed E-state index contributed by atoms with van der Waals surface area (Å²) >= 11 is -4.12. The number of fused-ring (bicyclic) bond motifs is 5. The van der Waals surface area contributed by atoms with Gasteiger partial charge >= 0.3 is 277 Å². The van der Waals surface area contributed by atoms with Gasteiger partial charge in [-0.2, -0.15) is 0 Å². The number of halogens is 2. The summed E-state index contributed by atoms with van der Waals surface area (Å²) in [4.78, 5) is 0. The zero-order chi connectivity index (χ0) is 31.2. The van der Waals surface area contributed by atoms with E-state index in [0.717, 1.165) is 6.42 Å². The number of allylic oxidation sites excluding steroid dienone is 2. The summed E-state index contributed by atoms with van der Waals surface area (Å²) in [7, 11) is 15.9. The minimum absolute atomic E-state index is 0.0469. The third-order valence-electron chi connectivity index (χ3n) is 9.80. The van der Waals surface area contributed by atoms with Gasteiger partial charge in [0.15, 0.2) is 0 Å². The fraction of sp³-hybridized carbons (Fsp3) is 0.268. The quantitative estimate of drug-likeness (QED) is 0.173. The molecule has 0 spiro atoms. The fourth-order valence-electron chi connectivity index (χ4n) is 7.45. The first-order valence-electron chi connectivity index (χ1n) is 15.7. The Balaban J connectivity index is 1.36. The summed E-state index contributed by atoms with van der Waals surface area (Å²) in [6.45, 7) is 16.0. The molecule has 0 saturated heterocycles. The van der Waals surface area contributed by atoms with Gasteiger partial charge in [-0.3, -0.25) is 0 Å². The summed E-state index contributed by atoms with van der Waals surface area (Å²) in [6.07, 6.45) is 3.29. The molecule has 7 rings (SSSR count). The Morgan fingerprint density at radius 3 is 2.16 bits per heavy atom. The Hall–Kier alpha value is -2.44. The Morgan fingerprint density at radius 1 is 0.682 bits per heavy atom. The van der Waals surface area contributed by atoms with Crippen molar-refractivity contribution in [2.75, 3.05) is 0 Å². The van der Waals surface area contributed by atoms with E-state index in [1.54, 1.807) is 0 Å². The van der Waals surface area contributed by atoms with Crippen LogP contribution >= 0.6 is 17.0 Å². The summed E-state index contributed by atoms with van der Waals surface area (Å²) in [6, 6.07) is 33.9. The number of benzene rings is 5. The number of hydrogen-bond donors (Lipinski definition) is 0. The van der Waals surface area contributed by atoms with Gasteiger partial charge in [-0.1, -0.05) is 0 Å². The van der Waals surface area contributed by atoms with E-state index in [0.29, 0.717) is 0 Å². The van der Waals surface area contributed by atoms with Crippen LogP contribution in [0.2, 0.25) is 0 Å². The SMILES string of the molecule is CC1=C[CH]([Zr]([Cl])([Cl])[c]2c(C(C)(C)C)ccc3c2Cc2cc(C(C)(C)C)ccc2-3)c2ccc(-c3cccc4ccccc34)cc21. The van der Waals surface area contributed by atoms with Gasteiger partial charge in [0.05, 0.1) is 0 Å². The van der Waals surface area contributed by atoms with Crippen LogP contribution in [0.15, 0.2) is 97.1 Å². The molecule has 5 aromatic rings. The second kappa shape index (κ2) is 10.6. The molecule has 0 aliphatic heterocycles. The molecule has 0 nitrogen and oxygen atoms in total. The Bertz CT molecular complexity index is 1990. The molecule has 0 aromatic heterocycles. The first-order chi connectivity index (χ1) is 20.7. The van der Waals surface area contributed by atoms with Crippen molar-refractivity contribution in [3.8, 4) is 22.3 Å². The van der Waals surface area contributed by atoms with Crippen LogP contribution < -0.4 is 3.27 Å². The molecule has 0 fully saturated rings. The van der Waals surface area contributed by atoms with E-state index in [9.17, 15) is 0 Å². The number of hydrogen-bond acceptors (Lipinski definition) is 0. The molecule has 0 radical (unpaired) electrons. The van der Waals surface area contributed by atoms with Crippen LogP contribution in [0.1, 0.15) is 85.5 Å². The molecular formula is C41H40Cl2Zr. The molecule has 2 aliphatic carbocycles. The molecule has 0 bridgehead atoms. The summed E-state index contributed by atoms with van der Waals surface area (Å²) < 4.78 is 1.34. The standard InChI is InChI=1S/C21H25.C20H15.2ClH.Zr/c1-20(2,3)16-7-9-18-14(12-16)11-15-13-17(21(4,5)6)8-10-19(15)18;1-14-9-10-16-11-12-17(13-20(14)16)19-8-4-6-15-5-2-3-7-18(15)19;;;/h7-10,12H,11H2,1-6H3;2-13H,1H3;2*1H;/q;;;;+2/p-2. The molecule has 5 aromatic carbocycles. The van der Waals surface area contributed by atoms with Gasteiger partial charge in [-0.25, -0.2) is 0 Å². The van der Waals surface area contributed by atoms with E-state index in [-0.39, 0.29) is 14.5 Å². The van der Waals surface area contributed by atoms with Crippen LogP contribution in [0, 0.1) is 0 Å². The van der Waals surface area contributed by atoms with E-state index < -0.39 is 17.9 Å². The molecule has 222 valence electrons. The molecule has 0 saturated carbocycles. The van der Waals surface area contributed by atoms with Gasteiger partial charge in [0.2, 0.25) is 0 Å². The Morgan fingerprint density at radius 2 is 1.41 bits per heavy atom. The van der Waals surface area contributed by atoms with Gasteiger partial charge < -0.3 is 0 Å². The van der Waals surface area contributed by atoms with Crippen molar-refractivity contribution >= 4 is 36.6 Å². The van der Waals surface area contributed by atoms with Gasteiger partial charge in [-0.15, -0.1) is 0 Å². The predicted octanol–water partition coefficient (Wildman–Crippen LogP) is 11.9. The van der Waals surface area contributed by atoms with E-state index in [1.165, 1.54) is 75.3 Å². The zero-order valence-electron chi connectivity index (χ0n) is 26.8. The van der Waals surface area contributed by atoms with E-state index in [4.69, 9.17) is 17.0 Å². The van der Waals surface area contributed by atoms with Crippen molar-refractivity contribution in [3.05, 3.63) is 130 Å². The van der Waals surface area contributed by atoms with Crippen LogP contribution in [0.3, 0.4) is 0 Å². The molecular weight excluding hydrogens is 655 g/mol. The summed E-state index contributed by atoms with van der Waals surface area (Å²) in [5.41, 5.74) is 14.5. The van der Waals surface area contributed by atoms with Crippen LogP contribution in [0.5, 0.6) is 0 Å². The van der Waals surface area contributed by atoms with E-state index >= 15 is 0 Å². The molecule has 0 N–H and O–H groups in total.